The summed E-state index contributed by atoms with van der Waals surface area (Å²) in [5.41, 5.74) is 0.254. The van der Waals surface area contributed by atoms with Gasteiger partial charge in [-0.25, -0.2) is 9.18 Å². The van der Waals surface area contributed by atoms with Gasteiger partial charge >= 0.3 is 6.03 Å². The van der Waals surface area contributed by atoms with E-state index in [4.69, 9.17) is 4.42 Å². The number of hydrogen-bond donors (Lipinski definition) is 1. The summed E-state index contributed by atoms with van der Waals surface area (Å²) in [6.45, 7) is 3.53. The number of benzene rings is 1. The Morgan fingerprint density at radius 1 is 1.24 bits per heavy atom. The van der Waals surface area contributed by atoms with E-state index in [1.165, 1.54) is 23.3 Å². The van der Waals surface area contributed by atoms with Crippen molar-refractivity contribution in [1.82, 2.24) is 20.0 Å². The fraction of sp³-hybridized carbons (Fsp3) is 0.480. The summed E-state index contributed by atoms with van der Waals surface area (Å²) in [7, 11) is 3.76. The Hall–Kier alpha value is -3.20. The number of nitrogens with one attached hydrogen (secondary N) is 1. The molecule has 2 saturated heterocycles. The zero-order chi connectivity index (χ0) is 24.5. The van der Waals surface area contributed by atoms with E-state index in [1.54, 1.807) is 23.1 Å². The van der Waals surface area contributed by atoms with Crippen LogP contribution >= 0.6 is 0 Å². The molecule has 2 aliphatic rings. The molecule has 0 saturated carbocycles. The summed E-state index contributed by atoms with van der Waals surface area (Å²) in [4.78, 5) is 44.4. The van der Waals surface area contributed by atoms with Crippen molar-refractivity contribution in [3.05, 3.63) is 59.3 Å². The van der Waals surface area contributed by atoms with Crippen molar-refractivity contribution in [1.29, 1.82) is 0 Å². The van der Waals surface area contributed by atoms with Crippen LogP contribution in [0.25, 0.3) is 0 Å². The van der Waals surface area contributed by atoms with Gasteiger partial charge in [-0.1, -0.05) is 12.1 Å². The molecule has 8 nitrogen and oxygen atoms in total. The van der Waals surface area contributed by atoms with Gasteiger partial charge < -0.3 is 19.5 Å². The molecule has 2 fully saturated rings. The van der Waals surface area contributed by atoms with Crippen molar-refractivity contribution in [3.63, 3.8) is 0 Å². The predicted octanol–water partition coefficient (Wildman–Crippen LogP) is 2.67. The Kier molecular flexibility index (Phi) is 6.74. The maximum Gasteiger partial charge on any atom is 0.325 e. The third-order valence-corrected chi connectivity index (χ3v) is 6.88. The fourth-order valence-electron chi connectivity index (χ4n) is 4.97. The molecule has 0 aliphatic carbocycles. The van der Waals surface area contributed by atoms with Gasteiger partial charge in [-0.15, -0.1) is 0 Å². The van der Waals surface area contributed by atoms with E-state index in [-0.39, 0.29) is 36.5 Å². The normalized spacial score (nSPS) is 21.4. The maximum absolute atomic E-state index is 13.9. The van der Waals surface area contributed by atoms with Crippen LogP contribution in [0.4, 0.5) is 9.18 Å². The van der Waals surface area contributed by atoms with Crippen LogP contribution in [0.2, 0.25) is 0 Å². The average Bonchev–Trinajstić information content (AvgIpc) is 3.33. The Labute approximate surface area is 198 Å². The molecular weight excluding hydrogens is 439 g/mol. The summed E-state index contributed by atoms with van der Waals surface area (Å²) in [5.74, 6) is -0.709. The van der Waals surface area contributed by atoms with E-state index >= 15 is 0 Å². The number of halogens is 1. The highest BCUT2D eigenvalue weighted by atomic mass is 19.1. The van der Waals surface area contributed by atoms with Crippen LogP contribution in [0.1, 0.15) is 34.5 Å². The van der Waals surface area contributed by atoms with Crippen molar-refractivity contribution in [2.75, 3.05) is 40.3 Å². The topological polar surface area (TPSA) is 86.1 Å². The molecule has 1 aromatic heterocycles. The molecule has 1 atom stereocenters. The van der Waals surface area contributed by atoms with Gasteiger partial charge in [-0.3, -0.25) is 14.5 Å². The minimum Gasteiger partial charge on any atom is -0.459 e. The van der Waals surface area contributed by atoms with Crippen LogP contribution in [0.3, 0.4) is 0 Å². The summed E-state index contributed by atoms with van der Waals surface area (Å²) in [6, 6.07) is 7.47. The number of nitrogens with zero attached hydrogens (tertiary/aromatic N) is 3. The number of furan rings is 1. The summed E-state index contributed by atoms with van der Waals surface area (Å²) in [6.07, 6.45) is 2.77. The monoisotopic (exact) mass is 470 g/mol. The molecule has 4 amide bonds. The molecule has 2 aromatic rings. The summed E-state index contributed by atoms with van der Waals surface area (Å²) in [5, 5.41) is 2.98. The lowest BCUT2D eigenvalue weighted by Crippen LogP contribution is -2.58. The molecular formula is C25H31FN4O4. The second kappa shape index (κ2) is 9.58. The quantitative estimate of drug-likeness (QED) is 0.629. The smallest absolute Gasteiger partial charge is 0.325 e. The first-order chi connectivity index (χ1) is 16.2. The molecule has 0 bridgehead atoms. The average molecular weight is 471 g/mol. The highest BCUT2D eigenvalue weighted by molar-refractivity contribution is 6.07. The van der Waals surface area contributed by atoms with Crippen LogP contribution in [0, 0.1) is 18.7 Å². The molecule has 1 unspecified atom stereocenters. The van der Waals surface area contributed by atoms with E-state index in [2.05, 4.69) is 5.32 Å². The molecule has 182 valence electrons. The van der Waals surface area contributed by atoms with Crippen LogP contribution in [-0.4, -0.2) is 78.4 Å². The van der Waals surface area contributed by atoms with Crippen molar-refractivity contribution in [2.45, 2.75) is 31.7 Å². The Bertz CT molecular complexity index is 1080. The van der Waals surface area contributed by atoms with Crippen molar-refractivity contribution in [3.8, 4) is 0 Å². The molecule has 1 N–H and O–H groups in total. The molecule has 2 aliphatic heterocycles. The number of amides is 4. The lowest BCUT2D eigenvalue weighted by atomic mass is 9.74. The number of rotatable bonds is 7. The molecule has 1 aromatic carbocycles. The van der Waals surface area contributed by atoms with Crippen LogP contribution < -0.4 is 5.32 Å². The number of carbonyl (C=O) groups is 3. The zero-order valence-electron chi connectivity index (χ0n) is 19.8. The number of hydrogen-bond acceptors (Lipinski definition) is 5. The highest BCUT2D eigenvalue weighted by Crippen LogP contribution is 2.37. The molecule has 3 heterocycles. The van der Waals surface area contributed by atoms with Crippen LogP contribution in [-0.2, 0) is 11.2 Å². The first-order valence-electron chi connectivity index (χ1n) is 11.6. The van der Waals surface area contributed by atoms with Gasteiger partial charge in [0.1, 0.15) is 11.4 Å². The zero-order valence-corrected chi connectivity index (χ0v) is 19.8. The SMILES string of the molecule is Cc1ccoc1C(=O)N1CCC(C2(Cc3cccc(F)c3)NC(=O)N(CCN(C)C)C2=O)CC1. The van der Waals surface area contributed by atoms with E-state index < -0.39 is 11.6 Å². The Balaban J connectivity index is 1.57. The standard InChI is InChI=1S/C25H31FN4O4/c1-17-9-14-34-21(17)22(31)29-10-7-19(8-11-29)25(16-18-5-4-6-20(26)15-18)23(32)30(24(33)27-25)13-12-28(2)3/h4-6,9,14-15,19H,7-8,10-13,16H2,1-3H3,(H,27,33). The van der Waals surface area contributed by atoms with E-state index in [0.717, 1.165) is 5.56 Å². The van der Waals surface area contributed by atoms with Gasteiger partial charge in [0.2, 0.25) is 0 Å². The molecule has 0 radical (unpaired) electrons. The van der Waals surface area contributed by atoms with Crippen molar-refractivity contribution in [2.24, 2.45) is 5.92 Å². The van der Waals surface area contributed by atoms with Gasteiger partial charge in [0, 0.05) is 38.2 Å². The van der Waals surface area contributed by atoms with Gasteiger partial charge in [0.15, 0.2) is 5.76 Å². The number of aryl methyl sites for hydroxylation is 1. The second-order valence-corrected chi connectivity index (χ2v) is 9.47. The highest BCUT2D eigenvalue weighted by Gasteiger charge is 2.56. The third kappa shape index (κ3) is 4.57. The van der Waals surface area contributed by atoms with E-state index in [0.29, 0.717) is 43.8 Å². The van der Waals surface area contributed by atoms with Crippen LogP contribution in [0.15, 0.2) is 41.0 Å². The number of likely N-dealkylation sites (tertiary alicyclic amines) is 1. The van der Waals surface area contributed by atoms with Gasteiger partial charge in [-0.2, -0.15) is 0 Å². The first-order valence-corrected chi connectivity index (χ1v) is 11.6. The second-order valence-electron chi connectivity index (χ2n) is 9.47. The Morgan fingerprint density at radius 3 is 2.59 bits per heavy atom. The number of piperidine rings is 1. The molecule has 4 rings (SSSR count). The molecule has 0 spiro atoms. The first kappa shape index (κ1) is 23.9. The number of imide groups is 1. The number of likely N-dealkylation sites (N-methyl/N-ethyl adjacent to an activating group) is 1. The lowest BCUT2D eigenvalue weighted by molar-refractivity contribution is -0.134. The lowest BCUT2D eigenvalue weighted by Gasteiger charge is -2.41. The number of urea groups is 1. The fourth-order valence-corrected chi connectivity index (χ4v) is 4.97. The van der Waals surface area contributed by atoms with Gasteiger partial charge in [-0.05, 0) is 63.5 Å². The van der Waals surface area contributed by atoms with Crippen molar-refractivity contribution >= 4 is 17.8 Å². The van der Waals surface area contributed by atoms with Gasteiger partial charge in [0.25, 0.3) is 11.8 Å². The Morgan fingerprint density at radius 2 is 1.97 bits per heavy atom. The summed E-state index contributed by atoms with van der Waals surface area (Å²) < 4.78 is 19.3. The predicted molar refractivity (Wildman–Crippen MR) is 124 cm³/mol. The number of carbonyl (C=O) groups excluding carboxylic acids is 3. The minimum atomic E-state index is -1.17. The van der Waals surface area contributed by atoms with Crippen LogP contribution in [0.5, 0.6) is 0 Å². The van der Waals surface area contributed by atoms with Crippen molar-refractivity contribution < 1.29 is 23.2 Å². The minimum absolute atomic E-state index is 0.172. The third-order valence-electron chi connectivity index (χ3n) is 6.88. The summed E-state index contributed by atoms with van der Waals surface area (Å²) >= 11 is 0. The molecule has 9 heteroatoms. The largest absolute Gasteiger partial charge is 0.459 e. The van der Waals surface area contributed by atoms with E-state index in [9.17, 15) is 18.8 Å². The van der Waals surface area contributed by atoms with Gasteiger partial charge in [0.05, 0.1) is 6.26 Å². The molecule has 34 heavy (non-hydrogen) atoms. The maximum atomic E-state index is 13.9. The van der Waals surface area contributed by atoms with E-state index in [1.807, 2.05) is 25.9 Å².